The number of hydrogen-bond donors (Lipinski definition) is 2. The van der Waals surface area contributed by atoms with Gasteiger partial charge in [0.1, 0.15) is 0 Å². The van der Waals surface area contributed by atoms with E-state index in [0.29, 0.717) is 6.92 Å². The highest BCUT2D eigenvalue weighted by Crippen LogP contribution is 2.35. The molecule has 0 aliphatic rings. The van der Waals surface area contributed by atoms with Crippen molar-refractivity contribution in [2.24, 2.45) is 0 Å². The number of carbonyl (C=O) groups is 1. The van der Waals surface area contributed by atoms with Crippen LogP contribution in [0.1, 0.15) is 6.92 Å². The number of nitrogens with one attached hydrogen (secondary N) is 1. The van der Waals surface area contributed by atoms with E-state index in [1.807, 2.05) is 35.8 Å². The van der Waals surface area contributed by atoms with Gasteiger partial charge in [0.05, 0.1) is 10.7 Å². The van der Waals surface area contributed by atoms with Crippen molar-refractivity contribution in [1.29, 1.82) is 0 Å². The molecule has 2 aromatic rings. The highest BCUT2D eigenvalue weighted by atomic mass is 35.5. The first-order valence-corrected chi connectivity index (χ1v) is 9.68. The van der Waals surface area contributed by atoms with Crippen LogP contribution in [0.4, 0.5) is 18.9 Å². The third-order valence-corrected chi connectivity index (χ3v) is 5.53. The molecule has 0 spiro atoms. The Bertz CT molecular complexity index is 796. The van der Waals surface area contributed by atoms with Crippen LogP contribution in [0.2, 0.25) is 5.02 Å². The molecule has 0 heterocycles. The smallest absolute Gasteiger partial charge is 0.373 e. The Morgan fingerprint density at radius 1 is 1.08 bits per heavy atom. The predicted octanol–water partition coefficient (Wildman–Crippen LogP) is 5.46. The summed E-state index contributed by atoms with van der Waals surface area (Å²) >= 11 is 9.11. The quantitative estimate of drug-likeness (QED) is 0.629. The number of alkyl halides is 3. The Kier molecular flexibility index (Phi) is 6.55. The highest BCUT2D eigenvalue weighted by molar-refractivity contribution is 7.99. The second-order valence-corrected chi connectivity index (χ2v) is 7.88. The number of halogens is 4. The zero-order chi connectivity index (χ0) is 19.5. The molecule has 0 aliphatic heterocycles. The van der Waals surface area contributed by atoms with Crippen molar-refractivity contribution < 1.29 is 23.1 Å². The summed E-state index contributed by atoms with van der Waals surface area (Å²) in [7, 11) is 0. The minimum Gasteiger partial charge on any atom is -0.373 e. The summed E-state index contributed by atoms with van der Waals surface area (Å²) in [6, 6.07) is 12.4. The number of aliphatic hydroxyl groups is 1. The summed E-state index contributed by atoms with van der Waals surface area (Å²) in [5.74, 6) is -1.60. The molecule has 0 saturated heterocycles. The van der Waals surface area contributed by atoms with Gasteiger partial charge in [-0.2, -0.15) is 13.2 Å². The van der Waals surface area contributed by atoms with Crippen LogP contribution in [0.3, 0.4) is 0 Å². The maximum Gasteiger partial charge on any atom is 0.426 e. The van der Waals surface area contributed by atoms with Crippen LogP contribution in [0.15, 0.2) is 57.2 Å². The van der Waals surface area contributed by atoms with Crippen LogP contribution in [-0.2, 0) is 4.79 Å². The third kappa shape index (κ3) is 4.88. The molecule has 0 aromatic heterocycles. The Morgan fingerprint density at radius 2 is 1.62 bits per heavy atom. The predicted molar refractivity (Wildman–Crippen MR) is 99.1 cm³/mol. The second-order valence-electron chi connectivity index (χ2n) is 5.44. The molecular weight excluding hydrogens is 407 g/mol. The van der Waals surface area contributed by atoms with Crippen molar-refractivity contribution in [3.8, 4) is 0 Å². The summed E-state index contributed by atoms with van der Waals surface area (Å²) < 4.78 is 38.1. The summed E-state index contributed by atoms with van der Waals surface area (Å²) in [5.41, 5.74) is -3.52. The van der Waals surface area contributed by atoms with Gasteiger partial charge in [0, 0.05) is 14.7 Å². The van der Waals surface area contributed by atoms with E-state index in [2.05, 4.69) is 0 Å². The lowest BCUT2D eigenvalue weighted by Gasteiger charge is -2.25. The fourth-order valence-electron chi connectivity index (χ4n) is 1.81. The second kappa shape index (κ2) is 8.12. The molecule has 140 valence electrons. The van der Waals surface area contributed by atoms with E-state index in [0.717, 1.165) is 14.7 Å². The van der Waals surface area contributed by atoms with Gasteiger partial charge in [-0.15, -0.1) is 11.8 Å². The summed E-state index contributed by atoms with van der Waals surface area (Å²) in [6.07, 6.45) is -3.12. The van der Waals surface area contributed by atoms with Crippen LogP contribution in [-0.4, -0.2) is 29.0 Å². The van der Waals surface area contributed by atoms with Gasteiger partial charge in [-0.1, -0.05) is 23.4 Å². The van der Waals surface area contributed by atoms with Crippen molar-refractivity contribution in [3.63, 3.8) is 0 Å². The molecule has 0 radical (unpaired) electrons. The Balaban J connectivity index is 2.12. The molecule has 2 N–H and O–H groups in total. The summed E-state index contributed by atoms with van der Waals surface area (Å²) in [5, 5.41) is 11.5. The van der Waals surface area contributed by atoms with Gasteiger partial charge in [-0.3, -0.25) is 4.79 Å². The van der Waals surface area contributed by atoms with Gasteiger partial charge in [0.2, 0.25) is 5.60 Å². The fourth-order valence-corrected chi connectivity index (χ4v) is 3.37. The topological polar surface area (TPSA) is 49.3 Å². The van der Waals surface area contributed by atoms with Crippen molar-refractivity contribution in [2.45, 2.75) is 33.4 Å². The van der Waals surface area contributed by atoms with Crippen molar-refractivity contribution in [1.82, 2.24) is 0 Å². The Morgan fingerprint density at radius 3 is 2.12 bits per heavy atom. The Labute approximate surface area is 162 Å². The van der Waals surface area contributed by atoms with E-state index in [-0.39, 0.29) is 10.7 Å². The van der Waals surface area contributed by atoms with Crippen LogP contribution in [0, 0.1) is 0 Å². The average Bonchev–Trinajstić information content (AvgIpc) is 2.57. The zero-order valence-electron chi connectivity index (χ0n) is 13.7. The van der Waals surface area contributed by atoms with Crippen LogP contribution in [0.5, 0.6) is 0 Å². The molecule has 3 nitrogen and oxygen atoms in total. The van der Waals surface area contributed by atoms with E-state index in [9.17, 15) is 23.1 Å². The number of carbonyl (C=O) groups excluding carboxylic acids is 1. The van der Waals surface area contributed by atoms with Gasteiger partial charge < -0.3 is 10.4 Å². The van der Waals surface area contributed by atoms with E-state index in [1.165, 1.54) is 23.9 Å². The van der Waals surface area contributed by atoms with Gasteiger partial charge in [0.25, 0.3) is 5.91 Å². The molecule has 9 heteroatoms. The molecule has 0 bridgehead atoms. The van der Waals surface area contributed by atoms with Gasteiger partial charge in [-0.25, -0.2) is 0 Å². The third-order valence-electron chi connectivity index (χ3n) is 3.48. The monoisotopic (exact) mass is 421 g/mol. The first-order valence-electron chi connectivity index (χ1n) is 7.26. The minimum absolute atomic E-state index is 0.0109. The average molecular weight is 422 g/mol. The van der Waals surface area contributed by atoms with E-state index >= 15 is 0 Å². The first kappa shape index (κ1) is 21.0. The number of hydrogen-bond acceptors (Lipinski definition) is 4. The lowest BCUT2D eigenvalue weighted by molar-refractivity contribution is -0.242. The highest BCUT2D eigenvalue weighted by Gasteiger charge is 2.55. The number of thioether (sulfide) groups is 1. The van der Waals surface area contributed by atoms with E-state index in [1.54, 1.807) is 17.8 Å². The van der Waals surface area contributed by atoms with Crippen LogP contribution >= 0.6 is 35.1 Å². The minimum atomic E-state index is -5.09. The number of rotatable bonds is 5. The van der Waals surface area contributed by atoms with E-state index in [4.69, 9.17) is 11.6 Å². The number of anilines is 1. The molecular formula is C17H15ClF3NO2S2. The maximum atomic E-state index is 12.7. The molecule has 1 unspecified atom stereocenters. The SMILES string of the molecule is CSc1ccc(Sc2ccc(NC(=O)C(C)(O)C(F)(F)F)c(Cl)c2)cc1. The van der Waals surface area contributed by atoms with Crippen molar-refractivity contribution >= 4 is 46.7 Å². The zero-order valence-corrected chi connectivity index (χ0v) is 16.1. The molecule has 26 heavy (non-hydrogen) atoms. The normalized spacial score (nSPS) is 14.0. The summed E-state index contributed by atoms with van der Waals surface area (Å²) in [4.78, 5) is 14.6. The molecule has 0 aliphatic carbocycles. The van der Waals surface area contributed by atoms with Crippen molar-refractivity contribution in [2.75, 3.05) is 11.6 Å². The lowest BCUT2D eigenvalue weighted by Crippen LogP contribution is -2.52. The van der Waals surface area contributed by atoms with Crippen LogP contribution < -0.4 is 5.32 Å². The van der Waals surface area contributed by atoms with Crippen molar-refractivity contribution in [3.05, 3.63) is 47.5 Å². The largest absolute Gasteiger partial charge is 0.426 e. The molecule has 0 fully saturated rings. The van der Waals surface area contributed by atoms with E-state index < -0.39 is 17.7 Å². The van der Waals surface area contributed by atoms with Crippen LogP contribution in [0.25, 0.3) is 0 Å². The standard InChI is InChI=1S/C17H15ClF3NO2S2/c1-16(24,17(19,20)21)15(23)22-14-8-7-12(9-13(14)18)26-11-5-3-10(25-2)4-6-11/h3-9,24H,1-2H3,(H,22,23). The maximum absolute atomic E-state index is 12.7. The number of amides is 1. The first-order chi connectivity index (χ1) is 12.0. The molecule has 0 saturated carbocycles. The van der Waals surface area contributed by atoms with Gasteiger partial charge in [0.15, 0.2) is 0 Å². The fraction of sp³-hybridized carbons (Fsp3) is 0.235. The number of benzene rings is 2. The molecule has 2 rings (SSSR count). The van der Waals surface area contributed by atoms with Gasteiger partial charge >= 0.3 is 6.18 Å². The molecule has 1 atom stereocenters. The lowest BCUT2D eigenvalue weighted by atomic mass is 10.1. The molecule has 2 aromatic carbocycles. The molecule has 1 amide bonds. The summed E-state index contributed by atoms with van der Waals surface area (Å²) in [6.45, 7) is 0.388. The van der Waals surface area contributed by atoms with Gasteiger partial charge in [-0.05, 0) is 55.6 Å². The Hall–Kier alpha value is -1.35.